The molecule has 0 aliphatic heterocycles. The van der Waals surface area contributed by atoms with Crippen LogP contribution in [0.15, 0.2) is 24.5 Å². The summed E-state index contributed by atoms with van der Waals surface area (Å²) in [5, 5.41) is 3.48. The molecule has 0 aromatic carbocycles. The Kier molecular flexibility index (Phi) is 4.40. The fraction of sp³-hybridized carbons (Fsp3) is 0.429. The number of alkyl halides is 2. The third kappa shape index (κ3) is 3.97. The highest BCUT2D eigenvalue weighted by Gasteiger charge is 2.38. The Morgan fingerprint density at radius 1 is 1.31 bits per heavy atom. The molecule has 3 aromatic heterocycles. The fourth-order valence-electron chi connectivity index (χ4n) is 3.46. The number of hydrogen-bond donors (Lipinski definition) is 1. The van der Waals surface area contributed by atoms with Crippen molar-refractivity contribution in [1.29, 1.82) is 0 Å². The second-order valence-corrected chi connectivity index (χ2v) is 8.36. The molecule has 0 atom stereocenters. The number of nitrogens with zero attached hydrogens (tertiary/aromatic N) is 4. The van der Waals surface area contributed by atoms with E-state index >= 15 is 0 Å². The summed E-state index contributed by atoms with van der Waals surface area (Å²) in [5.74, 6) is -3.45. The smallest absolute Gasteiger partial charge is 0.303 e. The van der Waals surface area contributed by atoms with Crippen LogP contribution in [0.1, 0.15) is 45.1 Å². The highest BCUT2D eigenvalue weighted by molar-refractivity contribution is 5.98. The molecule has 0 radical (unpaired) electrons. The van der Waals surface area contributed by atoms with E-state index in [1.54, 1.807) is 25.3 Å². The molecular formula is C21H23F2N5O. The quantitative estimate of drug-likeness (QED) is 0.677. The predicted octanol–water partition coefficient (Wildman–Crippen LogP) is 4.67. The number of carbonyl (C=O) groups is 1. The zero-order chi connectivity index (χ0) is 21.0. The van der Waals surface area contributed by atoms with Gasteiger partial charge in [0.25, 0.3) is 0 Å². The molecule has 1 fully saturated rings. The van der Waals surface area contributed by atoms with E-state index in [2.05, 4.69) is 31.8 Å². The number of hydrogen-bond acceptors (Lipinski definition) is 4. The average Bonchev–Trinajstić information content (AvgIpc) is 3.23. The van der Waals surface area contributed by atoms with Gasteiger partial charge in [0.1, 0.15) is 5.82 Å². The van der Waals surface area contributed by atoms with Crippen LogP contribution in [0.5, 0.6) is 0 Å². The fourth-order valence-corrected chi connectivity index (χ4v) is 3.46. The maximum absolute atomic E-state index is 13.9. The SMILES string of the molecule is CC(=O)Nc1cc2c(-c3cc(C)nc(C(C)(F)F)n3)cn(CC3(C)CC3)c2cn1. The molecule has 1 aliphatic carbocycles. The number of fused-ring (bicyclic) bond motifs is 1. The third-order valence-corrected chi connectivity index (χ3v) is 5.25. The number of amides is 1. The molecule has 1 aliphatic rings. The Balaban J connectivity index is 1.90. The van der Waals surface area contributed by atoms with Crippen molar-refractivity contribution in [2.24, 2.45) is 5.41 Å². The van der Waals surface area contributed by atoms with Gasteiger partial charge in [0, 0.05) is 43.2 Å². The lowest BCUT2D eigenvalue weighted by atomic mass is 10.1. The van der Waals surface area contributed by atoms with Crippen molar-refractivity contribution in [2.45, 2.75) is 53.0 Å². The summed E-state index contributed by atoms with van der Waals surface area (Å²) >= 11 is 0. The number of nitrogens with one attached hydrogen (secondary N) is 1. The minimum Gasteiger partial charge on any atom is -0.345 e. The summed E-state index contributed by atoms with van der Waals surface area (Å²) in [5.41, 5.74) is 2.73. The van der Waals surface area contributed by atoms with Gasteiger partial charge in [-0.25, -0.2) is 15.0 Å². The van der Waals surface area contributed by atoms with E-state index in [1.165, 1.54) is 6.92 Å². The summed E-state index contributed by atoms with van der Waals surface area (Å²) in [6.07, 6.45) is 5.95. The van der Waals surface area contributed by atoms with Gasteiger partial charge in [-0.15, -0.1) is 0 Å². The van der Waals surface area contributed by atoms with Gasteiger partial charge in [0.2, 0.25) is 5.91 Å². The van der Waals surface area contributed by atoms with Crippen molar-refractivity contribution in [3.63, 3.8) is 0 Å². The molecule has 6 nitrogen and oxygen atoms in total. The molecule has 0 bridgehead atoms. The molecule has 0 unspecified atom stereocenters. The van der Waals surface area contributed by atoms with Crippen molar-refractivity contribution in [1.82, 2.24) is 19.5 Å². The topological polar surface area (TPSA) is 72.7 Å². The van der Waals surface area contributed by atoms with Crippen molar-refractivity contribution in [3.8, 4) is 11.3 Å². The first-order chi connectivity index (χ1) is 13.5. The second kappa shape index (κ2) is 6.57. The van der Waals surface area contributed by atoms with E-state index < -0.39 is 11.7 Å². The number of carbonyl (C=O) groups excluding carboxylic acids is 1. The van der Waals surface area contributed by atoms with Crippen LogP contribution in [-0.4, -0.2) is 25.4 Å². The molecule has 4 rings (SSSR count). The van der Waals surface area contributed by atoms with Crippen molar-refractivity contribution in [3.05, 3.63) is 36.0 Å². The van der Waals surface area contributed by atoms with E-state index in [1.807, 2.05) is 6.20 Å². The number of aryl methyl sites for hydroxylation is 1. The summed E-state index contributed by atoms with van der Waals surface area (Å²) in [7, 11) is 0. The highest BCUT2D eigenvalue weighted by Crippen LogP contribution is 2.47. The van der Waals surface area contributed by atoms with Crippen LogP contribution in [0.3, 0.4) is 0 Å². The van der Waals surface area contributed by atoms with E-state index in [0.717, 1.165) is 37.2 Å². The van der Waals surface area contributed by atoms with Gasteiger partial charge >= 0.3 is 5.92 Å². The van der Waals surface area contributed by atoms with Crippen LogP contribution < -0.4 is 5.32 Å². The normalized spacial score (nSPS) is 15.5. The average molecular weight is 399 g/mol. The molecule has 1 amide bonds. The van der Waals surface area contributed by atoms with E-state index in [-0.39, 0.29) is 11.3 Å². The van der Waals surface area contributed by atoms with Gasteiger partial charge < -0.3 is 9.88 Å². The molecule has 152 valence electrons. The number of halogens is 2. The molecule has 8 heteroatoms. The first-order valence-corrected chi connectivity index (χ1v) is 9.55. The van der Waals surface area contributed by atoms with Crippen LogP contribution in [-0.2, 0) is 17.3 Å². The molecule has 0 spiro atoms. The van der Waals surface area contributed by atoms with Crippen LogP contribution in [0.2, 0.25) is 0 Å². The molecule has 1 saturated carbocycles. The summed E-state index contributed by atoms with van der Waals surface area (Å²) in [6.45, 7) is 6.92. The van der Waals surface area contributed by atoms with E-state index in [0.29, 0.717) is 22.8 Å². The maximum Gasteiger partial charge on any atom is 0.303 e. The second-order valence-electron chi connectivity index (χ2n) is 8.36. The van der Waals surface area contributed by atoms with Gasteiger partial charge in [-0.3, -0.25) is 4.79 Å². The number of anilines is 1. The molecule has 29 heavy (non-hydrogen) atoms. The van der Waals surface area contributed by atoms with Crippen molar-refractivity contribution >= 4 is 22.6 Å². The lowest BCUT2D eigenvalue weighted by Gasteiger charge is -2.11. The zero-order valence-corrected chi connectivity index (χ0v) is 16.9. The molecule has 1 N–H and O–H groups in total. The van der Waals surface area contributed by atoms with E-state index in [9.17, 15) is 13.6 Å². The Hall–Kier alpha value is -2.90. The van der Waals surface area contributed by atoms with Crippen molar-refractivity contribution < 1.29 is 13.6 Å². The Morgan fingerprint density at radius 2 is 2.03 bits per heavy atom. The highest BCUT2D eigenvalue weighted by atomic mass is 19.3. The Bertz CT molecular complexity index is 1110. The monoisotopic (exact) mass is 399 g/mol. The van der Waals surface area contributed by atoms with Gasteiger partial charge in [-0.1, -0.05) is 6.92 Å². The van der Waals surface area contributed by atoms with Crippen LogP contribution in [0.4, 0.5) is 14.6 Å². The largest absolute Gasteiger partial charge is 0.345 e. The standard InChI is InChI=1S/C21H23F2N5O/c1-12-7-16(27-19(25-12)21(4,22)23)15-10-28(11-20(3)5-6-20)17-9-24-18(8-14(15)17)26-13(2)29/h7-10H,5-6,11H2,1-4H3,(H,24,26,29). The zero-order valence-electron chi connectivity index (χ0n) is 16.9. The van der Waals surface area contributed by atoms with E-state index in [4.69, 9.17) is 0 Å². The van der Waals surface area contributed by atoms with Gasteiger partial charge in [-0.2, -0.15) is 8.78 Å². The van der Waals surface area contributed by atoms with Gasteiger partial charge in [-0.05, 0) is 37.3 Å². The predicted molar refractivity (Wildman–Crippen MR) is 107 cm³/mol. The minimum atomic E-state index is -3.14. The van der Waals surface area contributed by atoms with Crippen molar-refractivity contribution in [2.75, 3.05) is 5.32 Å². The lowest BCUT2D eigenvalue weighted by molar-refractivity contribution is -0.114. The molecule has 3 heterocycles. The van der Waals surface area contributed by atoms with Gasteiger partial charge in [0.15, 0.2) is 5.82 Å². The Morgan fingerprint density at radius 3 is 2.66 bits per heavy atom. The summed E-state index contributed by atoms with van der Waals surface area (Å²) < 4.78 is 29.9. The first kappa shape index (κ1) is 19.4. The minimum absolute atomic E-state index is 0.228. The first-order valence-electron chi connectivity index (χ1n) is 9.55. The summed E-state index contributed by atoms with van der Waals surface area (Å²) in [4.78, 5) is 23.8. The van der Waals surface area contributed by atoms with Gasteiger partial charge in [0.05, 0.1) is 17.4 Å². The maximum atomic E-state index is 13.9. The molecular weight excluding hydrogens is 376 g/mol. The van der Waals surface area contributed by atoms with Crippen LogP contribution >= 0.6 is 0 Å². The third-order valence-electron chi connectivity index (χ3n) is 5.25. The number of pyridine rings is 1. The summed E-state index contributed by atoms with van der Waals surface area (Å²) in [6, 6.07) is 3.46. The van der Waals surface area contributed by atoms with Crippen LogP contribution in [0.25, 0.3) is 22.2 Å². The molecule has 3 aromatic rings. The van der Waals surface area contributed by atoms with Crippen LogP contribution in [0, 0.1) is 12.3 Å². The number of rotatable bonds is 5. The number of aromatic nitrogens is 4. The molecule has 0 saturated heterocycles. The lowest BCUT2D eigenvalue weighted by Crippen LogP contribution is -2.13. The Labute approximate surface area is 167 Å².